The molecule has 18 heavy (non-hydrogen) atoms. The van der Waals surface area contributed by atoms with Gasteiger partial charge in [0, 0.05) is 6.54 Å². The highest BCUT2D eigenvalue weighted by Gasteiger charge is 2.34. The van der Waals surface area contributed by atoms with Crippen LogP contribution in [0.25, 0.3) is 0 Å². The molecule has 1 atom stereocenters. The van der Waals surface area contributed by atoms with E-state index in [9.17, 15) is 9.59 Å². The molecule has 0 aromatic carbocycles. The van der Waals surface area contributed by atoms with Gasteiger partial charge < -0.3 is 10.2 Å². The number of amides is 2. The standard InChI is InChI=1S/C13H18N2O2S/c1-9(2)5-11-13(17)14-6-12(16)15(11)7-10-3-4-18-8-10/h3-4,8-9,11H,5-7H2,1-2H3,(H,14,17). The molecule has 1 aromatic rings. The first-order chi connectivity index (χ1) is 8.58. The van der Waals surface area contributed by atoms with E-state index in [-0.39, 0.29) is 24.4 Å². The minimum absolute atomic E-state index is 0.00597. The van der Waals surface area contributed by atoms with Crippen molar-refractivity contribution < 1.29 is 9.59 Å². The fourth-order valence-corrected chi connectivity index (χ4v) is 2.82. The topological polar surface area (TPSA) is 49.4 Å². The summed E-state index contributed by atoms with van der Waals surface area (Å²) in [5.41, 5.74) is 1.09. The zero-order chi connectivity index (χ0) is 13.1. The smallest absolute Gasteiger partial charge is 0.243 e. The van der Waals surface area contributed by atoms with Gasteiger partial charge in [-0.25, -0.2) is 0 Å². The molecule has 0 saturated carbocycles. The molecule has 1 fully saturated rings. The van der Waals surface area contributed by atoms with E-state index in [1.165, 1.54) is 0 Å². The monoisotopic (exact) mass is 266 g/mol. The van der Waals surface area contributed by atoms with Crippen LogP contribution in [0.2, 0.25) is 0 Å². The molecular weight excluding hydrogens is 248 g/mol. The lowest BCUT2D eigenvalue weighted by atomic mass is 9.99. The largest absolute Gasteiger partial charge is 0.345 e. The summed E-state index contributed by atoms with van der Waals surface area (Å²) in [6, 6.07) is 1.67. The minimum atomic E-state index is -0.328. The zero-order valence-electron chi connectivity index (χ0n) is 10.7. The molecule has 2 rings (SSSR count). The van der Waals surface area contributed by atoms with Gasteiger partial charge >= 0.3 is 0 Å². The summed E-state index contributed by atoms with van der Waals surface area (Å²) in [4.78, 5) is 25.6. The van der Waals surface area contributed by atoms with Crippen LogP contribution >= 0.6 is 11.3 Å². The van der Waals surface area contributed by atoms with Crippen molar-refractivity contribution >= 4 is 23.2 Å². The minimum Gasteiger partial charge on any atom is -0.345 e. The molecule has 1 unspecified atom stereocenters. The second-order valence-electron chi connectivity index (χ2n) is 5.02. The number of hydrogen-bond donors (Lipinski definition) is 1. The second-order valence-corrected chi connectivity index (χ2v) is 5.80. The van der Waals surface area contributed by atoms with Gasteiger partial charge in [0.25, 0.3) is 0 Å². The SMILES string of the molecule is CC(C)CC1C(=O)NCC(=O)N1Cc1ccsc1. The number of nitrogens with zero attached hydrogens (tertiary/aromatic N) is 1. The summed E-state index contributed by atoms with van der Waals surface area (Å²) in [6.07, 6.45) is 0.710. The fraction of sp³-hybridized carbons (Fsp3) is 0.538. The molecule has 1 aromatic heterocycles. The zero-order valence-corrected chi connectivity index (χ0v) is 11.5. The van der Waals surface area contributed by atoms with Crippen molar-refractivity contribution in [3.05, 3.63) is 22.4 Å². The van der Waals surface area contributed by atoms with E-state index in [2.05, 4.69) is 19.2 Å². The number of carbonyl (C=O) groups is 2. The van der Waals surface area contributed by atoms with Crippen LogP contribution in [-0.4, -0.2) is 29.3 Å². The van der Waals surface area contributed by atoms with E-state index in [1.807, 2.05) is 16.8 Å². The maximum atomic E-state index is 12.0. The lowest BCUT2D eigenvalue weighted by Gasteiger charge is -2.35. The average molecular weight is 266 g/mol. The molecule has 0 radical (unpaired) electrons. The number of carbonyl (C=O) groups excluding carboxylic acids is 2. The molecular formula is C13H18N2O2S. The number of rotatable bonds is 4. The van der Waals surface area contributed by atoms with Crippen molar-refractivity contribution in [2.24, 2.45) is 5.92 Å². The van der Waals surface area contributed by atoms with E-state index in [0.717, 1.165) is 5.56 Å². The van der Waals surface area contributed by atoms with Crippen LogP contribution in [0.4, 0.5) is 0 Å². The molecule has 0 spiro atoms. The number of piperazine rings is 1. The van der Waals surface area contributed by atoms with E-state index in [0.29, 0.717) is 18.9 Å². The third-order valence-corrected chi connectivity index (χ3v) is 3.77. The first-order valence-electron chi connectivity index (χ1n) is 6.16. The van der Waals surface area contributed by atoms with Crippen molar-refractivity contribution in [2.75, 3.05) is 6.54 Å². The van der Waals surface area contributed by atoms with Gasteiger partial charge in [-0.3, -0.25) is 9.59 Å². The molecule has 0 bridgehead atoms. The maximum absolute atomic E-state index is 12.0. The van der Waals surface area contributed by atoms with E-state index < -0.39 is 0 Å². The van der Waals surface area contributed by atoms with Crippen molar-refractivity contribution in [1.29, 1.82) is 0 Å². The first-order valence-corrected chi connectivity index (χ1v) is 7.10. The predicted molar refractivity (Wildman–Crippen MR) is 71.1 cm³/mol. The summed E-state index contributed by atoms with van der Waals surface area (Å²) >= 11 is 1.61. The molecule has 1 aliphatic heterocycles. The average Bonchev–Trinajstić information content (AvgIpc) is 2.80. The van der Waals surface area contributed by atoms with Gasteiger partial charge in [0.1, 0.15) is 6.04 Å². The third-order valence-electron chi connectivity index (χ3n) is 3.04. The molecule has 1 saturated heterocycles. The van der Waals surface area contributed by atoms with Crippen LogP contribution in [0.5, 0.6) is 0 Å². The van der Waals surface area contributed by atoms with Crippen molar-refractivity contribution in [2.45, 2.75) is 32.9 Å². The Hall–Kier alpha value is -1.36. The van der Waals surface area contributed by atoms with Gasteiger partial charge in [-0.15, -0.1) is 0 Å². The van der Waals surface area contributed by atoms with Gasteiger partial charge in [0.15, 0.2) is 0 Å². The van der Waals surface area contributed by atoms with Crippen molar-refractivity contribution in [3.63, 3.8) is 0 Å². The van der Waals surface area contributed by atoms with Crippen LogP contribution < -0.4 is 5.32 Å². The van der Waals surface area contributed by atoms with E-state index in [4.69, 9.17) is 0 Å². The van der Waals surface area contributed by atoms with Crippen LogP contribution in [0, 0.1) is 5.92 Å². The molecule has 1 N–H and O–H groups in total. The Bertz CT molecular complexity index is 428. The molecule has 5 heteroatoms. The maximum Gasteiger partial charge on any atom is 0.243 e. The summed E-state index contributed by atoms with van der Waals surface area (Å²) in [7, 11) is 0. The van der Waals surface area contributed by atoms with Crippen LogP contribution in [0.15, 0.2) is 16.8 Å². The highest BCUT2D eigenvalue weighted by molar-refractivity contribution is 7.07. The van der Waals surface area contributed by atoms with Crippen LogP contribution in [-0.2, 0) is 16.1 Å². The van der Waals surface area contributed by atoms with Crippen LogP contribution in [0.3, 0.4) is 0 Å². The molecule has 4 nitrogen and oxygen atoms in total. The number of hydrogen-bond acceptors (Lipinski definition) is 3. The third kappa shape index (κ3) is 2.90. The molecule has 2 heterocycles. The Morgan fingerprint density at radius 2 is 2.28 bits per heavy atom. The highest BCUT2D eigenvalue weighted by Crippen LogP contribution is 2.19. The van der Waals surface area contributed by atoms with Crippen molar-refractivity contribution in [1.82, 2.24) is 10.2 Å². The highest BCUT2D eigenvalue weighted by atomic mass is 32.1. The number of nitrogens with one attached hydrogen (secondary N) is 1. The summed E-state index contributed by atoms with van der Waals surface area (Å²) in [5, 5.41) is 6.68. The molecule has 1 aliphatic rings. The normalized spacial score (nSPS) is 20.4. The van der Waals surface area contributed by atoms with Gasteiger partial charge in [-0.05, 0) is 34.7 Å². The van der Waals surface area contributed by atoms with Crippen molar-refractivity contribution in [3.8, 4) is 0 Å². The number of thiophene rings is 1. The quantitative estimate of drug-likeness (QED) is 0.900. The Morgan fingerprint density at radius 3 is 2.89 bits per heavy atom. The Morgan fingerprint density at radius 1 is 1.50 bits per heavy atom. The summed E-state index contributed by atoms with van der Waals surface area (Å²) < 4.78 is 0. The Labute approximate surface area is 111 Å². The lowest BCUT2D eigenvalue weighted by Crippen LogP contribution is -2.58. The molecule has 0 aliphatic carbocycles. The van der Waals surface area contributed by atoms with Gasteiger partial charge in [-0.2, -0.15) is 11.3 Å². The van der Waals surface area contributed by atoms with E-state index >= 15 is 0 Å². The fourth-order valence-electron chi connectivity index (χ4n) is 2.16. The molecule has 2 amide bonds. The Balaban J connectivity index is 2.15. The van der Waals surface area contributed by atoms with Gasteiger partial charge in [-0.1, -0.05) is 13.8 Å². The second kappa shape index (κ2) is 5.52. The predicted octanol–water partition coefficient (Wildman–Crippen LogP) is 1.62. The van der Waals surface area contributed by atoms with E-state index in [1.54, 1.807) is 16.2 Å². The van der Waals surface area contributed by atoms with Gasteiger partial charge in [0.2, 0.25) is 11.8 Å². The first kappa shape index (κ1) is 13.1. The Kier molecular flexibility index (Phi) is 4.01. The summed E-state index contributed by atoms with van der Waals surface area (Å²) in [5.74, 6) is 0.363. The molecule has 98 valence electrons. The van der Waals surface area contributed by atoms with Gasteiger partial charge in [0.05, 0.1) is 6.54 Å². The lowest BCUT2D eigenvalue weighted by molar-refractivity contribution is -0.146. The summed E-state index contributed by atoms with van der Waals surface area (Å²) in [6.45, 7) is 4.79. The van der Waals surface area contributed by atoms with Crippen LogP contribution in [0.1, 0.15) is 25.8 Å².